The van der Waals surface area contributed by atoms with E-state index in [0.717, 1.165) is 12.1 Å². The number of ether oxygens (including phenoxy) is 1. The van der Waals surface area contributed by atoms with Gasteiger partial charge in [0.25, 0.3) is 0 Å². The van der Waals surface area contributed by atoms with Crippen molar-refractivity contribution in [3.8, 4) is 0 Å². The number of aliphatic carboxylic acids is 1. The lowest BCUT2D eigenvalue weighted by Crippen LogP contribution is -2.51. The van der Waals surface area contributed by atoms with Crippen molar-refractivity contribution < 1.29 is 27.8 Å². The summed E-state index contributed by atoms with van der Waals surface area (Å²) in [6, 6.07) is 4.82. The van der Waals surface area contributed by atoms with Crippen molar-refractivity contribution in [2.45, 2.75) is 12.3 Å². The highest BCUT2D eigenvalue weighted by Crippen LogP contribution is 2.38. The fraction of sp³-hybridized carbons (Fsp3) is 0.357. The van der Waals surface area contributed by atoms with Gasteiger partial charge >= 0.3 is 12.1 Å². The lowest BCUT2D eigenvalue weighted by molar-refractivity contribution is -0.146. The van der Waals surface area contributed by atoms with Crippen LogP contribution in [-0.2, 0) is 15.7 Å². The minimum atomic E-state index is -4.36. The average molecular weight is 299 g/mol. The Hall–Kier alpha value is -2.02. The predicted molar refractivity (Wildman–Crippen MR) is 67.7 cm³/mol. The zero-order chi connectivity index (χ0) is 15.2. The van der Waals surface area contributed by atoms with E-state index >= 15 is 0 Å². The molecule has 1 fully saturated rings. The molecule has 1 N–H and O–H groups in total. The molecule has 7 heteroatoms. The van der Waals surface area contributed by atoms with Gasteiger partial charge in [-0.2, -0.15) is 13.2 Å². The van der Waals surface area contributed by atoms with Gasteiger partial charge in [0.05, 0.1) is 12.2 Å². The van der Waals surface area contributed by atoms with Crippen molar-refractivity contribution in [2.24, 2.45) is 5.92 Å². The number of nitrogens with zero attached hydrogens (tertiary/aromatic N) is 1. The maximum atomic E-state index is 12.5. The molecule has 0 spiro atoms. The summed E-state index contributed by atoms with van der Waals surface area (Å²) >= 11 is 0. The van der Waals surface area contributed by atoms with Crippen LogP contribution in [0.1, 0.15) is 5.56 Å². The van der Waals surface area contributed by atoms with E-state index < -0.39 is 29.7 Å². The quantitative estimate of drug-likeness (QED) is 0.911. The van der Waals surface area contributed by atoms with Crippen LogP contribution in [0, 0.1) is 5.92 Å². The number of fused-ring (bicyclic) bond motifs is 1. The largest absolute Gasteiger partial charge is 0.481 e. The van der Waals surface area contributed by atoms with Crippen LogP contribution < -0.4 is 4.90 Å². The number of halogens is 3. The second kappa shape index (κ2) is 4.77. The van der Waals surface area contributed by atoms with Crippen LogP contribution in [0.15, 0.2) is 36.0 Å². The Bertz CT molecular complexity index is 594. The molecule has 1 aromatic carbocycles. The summed E-state index contributed by atoms with van der Waals surface area (Å²) in [6.07, 6.45) is -3.31. The van der Waals surface area contributed by atoms with Crippen LogP contribution in [0.25, 0.3) is 0 Å². The normalized spacial score (nSPS) is 24.9. The fourth-order valence-electron chi connectivity index (χ4n) is 2.57. The van der Waals surface area contributed by atoms with Crippen molar-refractivity contribution in [2.75, 3.05) is 18.1 Å². The number of hydrogen-bond acceptors (Lipinski definition) is 3. The van der Waals surface area contributed by atoms with Crippen LogP contribution >= 0.6 is 0 Å². The second-order valence-electron chi connectivity index (χ2n) is 4.94. The van der Waals surface area contributed by atoms with Gasteiger partial charge in [0, 0.05) is 17.9 Å². The van der Waals surface area contributed by atoms with Gasteiger partial charge in [-0.25, -0.2) is 0 Å². The summed E-state index contributed by atoms with van der Waals surface area (Å²) in [4.78, 5) is 12.8. The molecule has 4 nitrogen and oxygen atoms in total. The minimum Gasteiger partial charge on any atom is -0.481 e. The van der Waals surface area contributed by atoms with Gasteiger partial charge in [-0.3, -0.25) is 4.79 Å². The number of carboxylic acids is 1. The molecule has 2 unspecified atom stereocenters. The van der Waals surface area contributed by atoms with E-state index in [-0.39, 0.29) is 0 Å². The highest BCUT2D eigenvalue weighted by Gasteiger charge is 2.44. The molecule has 2 atom stereocenters. The molecule has 1 saturated heterocycles. The maximum Gasteiger partial charge on any atom is 0.416 e. The molecule has 112 valence electrons. The van der Waals surface area contributed by atoms with E-state index in [2.05, 4.69) is 0 Å². The number of morpholine rings is 1. The highest BCUT2D eigenvalue weighted by molar-refractivity contribution is 5.78. The fourth-order valence-corrected chi connectivity index (χ4v) is 2.57. The molecule has 0 aromatic heterocycles. The maximum absolute atomic E-state index is 12.5. The van der Waals surface area contributed by atoms with Gasteiger partial charge in [0.1, 0.15) is 12.0 Å². The van der Waals surface area contributed by atoms with Crippen LogP contribution in [-0.4, -0.2) is 30.3 Å². The molecular weight excluding hydrogens is 287 g/mol. The van der Waals surface area contributed by atoms with E-state index in [1.54, 1.807) is 11.0 Å². The molecule has 2 aliphatic rings. The summed E-state index contributed by atoms with van der Waals surface area (Å²) in [5.41, 5.74) is 0.599. The van der Waals surface area contributed by atoms with E-state index in [4.69, 9.17) is 9.84 Å². The number of hydrogen-bond donors (Lipinski definition) is 1. The Balaban J connectivity index is 1.84. The lowest BCUT2D eigenvalue weighted by atomic mass is 9.85. The molecule has 0 saturated carbocycles. The first-order valence-electron chi connectivity index (χ1n) is 6.39. The minimum absolute atomic E-state index is 0.340. The van der Waals surface area contributed by atoms with Gasteiger partial charge in [0.15, 0.2) is 0 Å². The predicted octanol–water partition coefficient (Wildman–Crippen LogP) is 2.51. The summed E-state index contributed by atoms with van der Waals surface area (Å²) in [6.45, 7) is 0.826. The average Bonchev–Trinajstić information content (AvgIpc) is 2.38. The number of anilines is 1. The lowest BCUT2D eigenvalue weighted by Gasteiger charge is -2.44. The molecule has 0 radical (unpaired) electrons. The van der Waals surface area contributed by atoms with E-state index in [1.165, 1.54) is 12.1 Å². The van der Waals surface area contributed by atoms with Gasteiger partial charge in [-0.1, -0.05) is 0 Å². The SMILES string of the molecule is O=C(O)C1C=C2C1OCCN2c1ccc(C(F)(F)F)cc1. The smallest absolute Gasteiger partial charge is 0.416 e. The van der Waals surface area contributed by atoms with Gasteiger partial charge in [0.2, 0.25) is 0 Å². The number of rotatable bonds is 2. The summed E-state index contributed by atoms with van der Waals surface area (Å²) in [7, 11) is 0. The van der Waals surface area contributed by atoms with Gasteiger partial charge < -0.3 is 14.7 Å². The van der Waals surface area contributed by atoms with Gasteiger partial charge in [-0.05, 0) is 30.3 Å². The Morgan fingerprint density at radius 3 is 2.52 bits per heavy atom. The second-order valence-corrected chi connectivity index (χ2v) is 4.94. The van der Waals surface area contributed by atoms with Crippen LogP contribution in [0.3, 0.4) is 0 Å². The summed E-state index contributed by atoms with van der Waals surface area (Å²) < 4.78 is 43.0. The standard InChI is InChI=1S/C14H12F3NO3/c15-14(16,17)8-1-3-9(4-2-8)18-5-6-21-12-10(13(19)20)7-11(12)18/h1-4,7,10,12H,5-6H2,(H,19,20). The zero-order valence-electron chi connectivity index (χ0n) is 10.8. The number of carbonyl (C=O) groups is 1. The third-order valence-electron chi connectivity index (χ3n) is 3.68. The van der Waals surface area contributed by atoms with Crippen LogP contribution in [0.2, 0.25) is 0 Å². The van der Waals surface area contributed by atoms with Crippen molar-refractivity contribution >= 4 is 11.7 Å². The first-order chi connectivity index (χ1) is 9.88. The zero-order valence-corrected chi connectivity index (χ0v) is 10.8. The van der Waals surface area contributed by atoms with Crippen LogP contribution in [0.5, 0.6) is 0 Å². The molecule has 1 aliphatic carbocycles. The first kappa shape index (κ1) is 13.9. The molecule has 3 rings (SSSR count). The molecule has 1 aliphatic heterocycles. The Morgan fingerprint density at radius 1 is 1.29 bits per heavy atom. The number of carboxylic acid groups (broad SMARTS) is 1. The number of alkyl halides is 3. The van der Waals surface area contributed by atoms with Crippen molar-refractivity contribution in [1.29, 1.82) is 0 Å². The number of benzene rings is 1. The Morgan fingerprint density at radius 2 is 1.95 bits per heavy atom. The third-order valence-corrected chi connectivity index (χ3v) is 3.68. The first-order valence-corrected chi connectivity index (χ1v) is 6.39. The highest BCUT2D eigenvalue weighted by atomic mass is 19.4. The molecule has 0 bridgehead atoms. The van der Waals surface area contributed by atoms with E-state index in [0.29, 0.717) is 24.5 Å². The molecule has 0 amide bonds. The third kappa shape index (κ3) is 2.37. The van der Waals surface area contributed by atoms with Crippen molar-refractivity contribution in [1.82, 2.24) is 0 Å². The Labute approximate surface area is 118 Å². The Kier molecular flexibility index (Phi) is 3.16. The molecule has 21 heavy (non-hydrogen) atoms. The summed E-state index contributed by atoms with van der Waals surface area (Å²) in [5, 5.41) is 8.99. The molecule has 1 aromatic rings. The topological polar surface area (TPSA) is 49.8 Å². The summed E-state index contributed by atoms with van der Waals surface area (Å²) in [5.74, 6) is -1.64. The van der Waals surface area contributed by atoms with Crippen molar-refractivity contribution in [3.05, 3.63) is 41.6 Å². The molecular formula is C14H12F3NO3. The van der Waals surface area contributed by atoms with E-state index in [1.807, 2.05) is 0 Å². The van der Waals surface area contributed by atoms with Crippen molar-refractivity contribution in [3.63, 3.8) is 0 Å². The van der Waals surface area contributed by atoms with Crippen LogP contribution in [0.4, 0.5) is 18.9 Å². The monoisotopic (exact) mass is 299 g/mol. The molecule has 1 heterocycles. The van der Waals surface area contributed by atoms with Gasteiger partial charge in [-0.15, -0.1) is 0 Å². The van der Waals surface area contributed by atoms with E-state index in [9.17, 15) is 18.0 Å².